The summed E-state index contributed by atoms with van der Waals surface area (Å²) in [6, 6.07) is 0. The molecule has 2 heterocycles. The zero-order valence-corrected chi connectivity index (χ0v) is 10.6. The maximum absolute atomic E-state index is 12.0. The topological polar surface area (TPSA) is 20.3 Å². The zero-order chi connectivity index (χ0) is 9.97. The van der Waals surface area contributed by atoms with Gasteiger partial charge in [-0.25, -0.2) is 0 Å². The number of nitrogens with zero attached hydrogens (tertiary/aromatic N) is 1. The molecule has 0 saturated carbocycles. The number of thioether (sulfide) groups is 1. The molecule has 2 aliphatic heterocycles. The first-order valence-corrected chi connectivity index (χ1v) is 7.44. The molecule has 80 valence electrons. The van der Waals surface area contributed by atoms with Crippen molar-refractivity contribution in [1.82, 2.24) is 4.90 Å². The van der Waals surface area contributed by atoms with E-state index in [1.807, 2.05) is 11.8 Å². The van der Waals surface area contributed by atoms with Gasteiger partial charge in [-0.1, -0.05) is 15.9 Å². The van der Waals surface area contributed by atoms with Crippen LogP contribution < -0.4 is 0 Å². The third-order valence-corrected chi connectivity index (χ3v) is 5.30. The molecule has 2 unspecified atom stereocenters. The Balaban J connectivity index is 1.86. The predicted octanol–water partition coefficient (Wildman–Crippen LogP) is 2.13. The summed E-state index contributed by atoms with van der Waals surface area (Å²) in [5.74, 6) is 2.26. The maximum Gasteiger partial charge on any atom is 0.235 e. The van der Waals surface area contributed by atoms with Crippen LogP contribution >= 0.6 is 27.7 Å². The van der Waals surface area contributed by atoms with Gasteiger partial charge in [0.05, 0.1) is 5.25 Å². The highest BCUT2D eigenvalue weighted by Crippen LogP contribution is 2.29. The highest BCUT2D eigenvalue weighted by Gasteiger charge is 2.32. The van der Waals surface area contributed by atoms with Crippen LogP contribution in [0.5, 0.6) is 0 Å². The summed E-state index contributed by atoms with van der Waals surface area (Å²) in [5, 5.41) is 1.32. The minimum atomic E-state index is 0.282. The molecule has 0 spiro atoms. The molecule has 4 heteroatoms. The highest BCUT2D eigenvalue weighted by molar-refractivity contribution is 9.09. The fourth-order valence-corrected chi connectivity index (χ4v) is 3.91. The Morgan fingerprint density at radius 1 is 1.50 bits per heavy atom. The molecule has 0 aromatic rings. The first kappa shape index (κ1) is 10.8. The van der Waals surface area contributed by atoms with Crippen molar-refractivity contribution >= 4 is 33.6 Å². The van der Waals surface area contributed by atoms with Crippen molar-refractivity contribution in [3.8, 4) is 0 Å². The van der Waals surface area contributed by atoms with Crippen molar-refractivity contribution in [2.24, 2.45) is 5.92 Å². The molecule has 0 aromatic carbocycles. The molecule has 2 atom stereocenters. The van der Waals surface area contributed by atoms with Crippen LogP contribution in [0.4, 0.5) is 0 Å². The lowest BCUT2D eigenvalue weighted by Gasteiger charge is -2.19. The largest absolute Gasteiger partial charge is 0.341 e. The van der Waals surface area contributed by atoms with E-state index in [0.29, 0.717) is 11.8 Å². The number of carbonyl (C=O) groups is 1. The molecule has 2 rings (SSSR count). The summed E-state index contributed by atoms with van der Waals surface area (Å²) in [6.45, 7) is 1.95. The second-order valence-electron chi connectivity index (χ2n) is 4.09. The third-order valence-electron chi connectivity index (χ3n) is 3.02. The standard InChI is InChI=1S/C10H16BrNOS/c11-6-8-3-4-12(7-8)10(13)9-2-1-5-14-9/h8-9H,1-7H2. The van der Waals surface area contributed by atoms with E-state index in [1.165, 1.54) is 18.6 Å². The van der Waals surface area contributed by atoms with E-state index in [0.717, 1.165) is 24.8 Å². The molecule has 2 aliphatic rings. The van der Waals surface area contributed by atoms with Gasteiger partial charge in [-0.3, -0.25) is 4.79 Å². The molecule has 0 radical (unpaired) electrons. The van der Waals surface area contributed by atoms with E-state index in [-0.39, 0.29) is 5.25 Å². The molecule has 0 aliphatic carbocycles. The maximum atomic E-state index is 12.0. The van der Waals surface area contributed by atoms with Gasteiger partial charge >= 0.3 is 0 Å². The Hall–Kier alpha value is 0.300. The van der Waals surface area contributed by atoms with Gasteiger partial charge < -0.3 is 4.90 Å². The Bertz CT molecular complexity index is 218. The van der Waals surface area contributed by atoms with Crippen molar-refractivity contribution < 1.29 is 4.79 Å². The van der Waals surface area contributed by atoms with Crippen LogP contribution in [0.25, 0.3) is 0 Å². The van der Waals surface area contributed by atoms with E-state index >= 15 is 0 Å². The molecule has 2 nitrogen and oxygen atoms in total. The Kier molecular flexibility index (Phi) is 3.77. The van der Waals surface area contributed by atoms with E-state index in [4.69, 9.17) is 0 Å². The number of rotatable bonds is 2. The molecule has 0 bridgehead atoms. The fourth-order valence-electron chi connectivity index (χ4n) is 2.13. The van der Waals surface area contributed by atoms with Crippen LogP contribution in [0.2, 0.25) is 0 Å². The number of alkyl halides is 1. The predicted molar refractivity (Wildman–Crippen MR) is 64.0 cm³/mol. The van der Waals surface area contributed by atoms with Crippen LogP contribution in [-0.2, 0) is 4.79 Å². The molecular formula is C10H16BrNOS. The SMILES string of the molecule is O=C(C1CCCS1)N1CCC(CBr)C1. The smallest absolute Gasteiger partial charge is 0.235 e. The highest BCUT2D eigenvalue weighted by atomic mass is 79.9. The summed E-state index contributed by atoms with van der Waals surface area (Å²) in [4.78, 5) is 14.1. The van der Waals surface area contributed by atoms with Crippen molar-refractivity contribution in [2.45, 2.75) is 24.5 Å². The quantitative estimate of drug-likeness (QED) is 0.721. The van der Waals surface area contributed by atoms with Crippen LogP contribution in [-0.4, -0.2) is 40.2 Å². The van der Waals surface area contributed by atoms with Gasteiger partial charge in [0.2, 0.25) is 5.91 Å². The summed E-state index contributed by atoms with van der Waals surface area (Å²) >= 11 is 5.34. The number of hydrogen-bond donors (Lipinski definition) is 0. The Labute approximate surface area is 97.9 Å². The molecule has 2 saturated heterocycles. The number of hydrogen-bond acceptors (Lipinski definition) is 2. The van der Waals surface area contributed by atoms with Gasteiger partial charge in [0.15, 0.2) is 0 Å². The minimum absolute atomic E-state index is 0.282. The molecule has 0 N–H and O–H groups in total. The second kappa shape index (κ2) is 4.88. The van der Waals surface area contributed by atoms with Crippen LogP contribution in [0.3, 0.4) is 0 Å². The second-order valence-corrected chi connectivity index (χ2v) is 6.05. The first-order chi connectivity index (χ1) is 6.81. The monoisotopic (exact) mass is 277 g/mol. The van der Waals surface area contributed by atoms with Gasteiger partial charge in [-0.2, -0.15) is 0 Å². The average molecular weight is 278 g/mol. The lowest BCUT2D eigenvalue weighted by molar-refractivity contribution is -0.129. The lowest BCUT2D eigenvalue weighted by Crippen LogP contribution is -2.35. The molecule has 2 fully saturated rings. The van der Waals surface area contributed by atoms with Gasteiger partial charge in [0, 0.05) is 18.4 Å². The van der Waals surface area contributed by atoms with E-state index in [9.17, 15) is 4.79 Å². The van der Waals surface area contributed by atoms with Crippen molar-refractivity contribution in [3.63, 3.8) is 0 Å². The van der Waals surface area contributed by atoms with E-state index in [2.05, 4.69) is 20.8 Å². The molecule has 0 aromatic heterocycles. The van der Waals surface area contributed by atoms with Crippen molar-refractivity contribution in [3.05, 3.63) is 0 Å². The van der Waals surface area contributed by atoms with Gasteiger partial charge in [0.1, 0.15) is 0 Å². The average Bonchev–Trinajstić information content (AvgIpc) is 2.88. The Morgan fingerprint density at radius 3 is 2.93 bits per heavy atom. The molecule has 14 heavy (non-hydrogen) atoms. The van der Waals surface area contributed by atoms with Gasteiger partial charge in [-0.15, -0.1) is 11.8 Å². The summed E-state index contributed by atoms with van der Waals surface area (Å²) < 4.78 is 0. The summed E-state index contributed by atoms with van der Waals surface area (Å²) in [5.41, 5.74) is 0. The number of amides is 1. The molecular weight excluding hydrogens is 262 g/mol. The summed E-state index contributed by atoms with van der Waals surface area (Å²) in [6.07, 6.45) is 3.49. The first-order valence-electron chi connectivity index (χ1n) is 5.27. The minimum Gasteiger partial charge on any atom is -0.341 e. The number of halogens is 1. The van der Waals surface area contributed by atoms with Crippen LogP contribution in [0, 0.1) is 5.92 Å². The zero-order valence-electron chi connectivity index (χ0n) is 8.25. The van der Waals surface area contributed by atoms with Crippen molar-refractivity contribution in [1.29, 1.82) is 0 Å². The van der Waals surface area contributed by atoms with E-state index < -0.39 is 0 Å². The molecule has 1 amide bonds. The Morgan fingerprint density at radius 2 is 2.36 bits per heavy atom. The van der Waals surface area contributed by atoms with Crippen LogP contribution in [0.15, 0.2) is 0 Å². The number of carbonyl (C=O) groups excluding carboxylic acids is 1. The lowest BCUT2D eigenvalue weighted by atomic mass is 10.2. The third kappa shape index (κ3) is 2.27. The number of likely N-dealkylation sites (tertiary alicyclic amines) is 1. The van der Waals surface area contributed by atoms with Crippen molar-refractivity contribution in [2.75, 3.05) is 24.2 Å². The van der Waals surface area contributed by atoms with Crippen LogP contribution in [0.1, 0.15) is 19.3 Å². The van der Waals surface area contributed by atoms with E-state index in [1.54, 1.807) is 0 Å². The van der Waals surface area contributed by atoms with Gasteiger partial charge in [-0.05, 0) is 30.9 Å². The van der Waals surface area contributed by atoms with Gasteiger partial charge in [0.25, 0.3) is 0 Å². The fraction of sp³-hybridized carbons (Fsp3) is 0.900. The normalized spacial score (nSPS) is 32.5. The summed E-state index contributed by atoms with van der Waals surface area (Å²) in [7, 11) is 0.